The number of nitrogens with zero attached hydrogens (tertiary/aromatic N) is 2. The van der Waals surface area contributed by atoms with Gasteiger partial charge in [-0.25, -0.2) is 4.98 Å². The molecule has 1 heterocycles. The topological polar surface area (TPSA) is 104 Å². The van der Waals surface area contributed by atoms with Crippen molar-refractivity contribution < 1.29 is 10.2 Å². The minimum absolute atomic E-state index is 0.171. The van der Waals surface area contributed by atoms with Gasteiger partial charge >= 0.3 is 0 Å². The largest absolute Gasteiger partial charge is 0.394 e. The van der Waals surface area contributed by atoms with Crippen LogP contribution in [0.5, 0.6) is 0 Å². The van der Waals surface area contributed by atoms with Crippen molar-refractivity contribution in [3.8, 4) is 0 Å². The third kappa shape index (κ3) is 2.61. The first-order valence-electron chi connectivity index (χ1n) is 5.25. The Morgan fingerprint density at radius 1 is 1.29 bits per heavy atom. The third-order valence-electron chi connectivity index (χ3n) is 2.34. The van der Waals surface area contributed by atoms with Crippen LogP contribution in [-0.2, 0) is 0 Å². The van der Waals surface area contributed by atoms with Gasteiger partial charge in [0, 0.05) is 11.9 Å². The predicted molar refractivity (Wildman–Crippen MR) is 65.5 cm³/mol. The second-order valence-electron chi connectivity index (χ2n) is 3.66. The van der Waals surface area contributed by atoms with Gasteiger partial charge in [-0.05, 0) is 12.1 Å². The Hall–Kier alpha value is -1.92. The van der Waals surface area contributed by atoms with Gasteiger partial charge in [0.25, 0.3) is 0 Å². The molecular formula is C11H14N4O2. The molecule has 1 atom stereocenters. The smallest absolute Gasteiger partial charge is 0.222 e. The van der Waals surface area contributed by atoms with Crippen molar-refractivity contribution in [3.63, 3.8) is 0 Å². The first-order chi connectivity index (χ1) is 8.20. The zero-order chi connectivity index (χ0) is 12.3. The second kappa shape index (κ2) is 4.94. The highest BCUT2D eigenvalue weighted by Crippen LogP contribution is 2.20. The minimum Gasteiger partial charge on any atom is -0.394 e. The molecule has 0 aliphatic heterocycles. The molecule has 1 aromatic heterocycles. The first kappa shape index (κ1) is 11.6. The van der Waals surface area contributed by atoms with E-state index in [2.05, 4.69) is 15.3 Å². The van der Waals surface area contributed by atoms with Gasteiger partial charge in [-0.3, -0.25) is 0 Å². The van der Waals surface area contributed by atoms with E-state index in [1.165, 1.54) is 0 Å². The molecule has 0 saturated heterocycles. The molecule has 90 valence electrons. The Bertz CT molecular complexity index is 518. The van der Waals surface area contributed by atoms with Crippen molar-refractivity contribution in [2.75, 3.05) is 24.2 Å². The summed E-state index contributed by atoms with van der Waals surface area (Å²) in [5, 5.41) is 21.8. The number of rotatable bonds is 4. The number of nitrogen functional groups attached to an aromatic ring is 1. The zero-order valence-electron chi connectivity index (χ0n) is 9.17. The summed E-state index contributed by atoms with van der Waals surface area (Å²) in [6, 6.07) is 7.43. The van der Waals surface area contributed by atoms with Crippen LogP contribution in [0.25, 0.3) is 10.9 Å². The number of anilines is 2. The van der Waals surface area contributed by atoms with Gasteiger partial charge in [0.1, 0.15) is 5.82 Å². The summed E-state index contributed by atoms with van der Waals surface area (Å²) in [4.78, 5) is 8.17. The summed E-state index contributed by atoms with van der Waals surface area (Å²) in [6.45, 7) is -0.0948. The van der Waals surface area contributed by atoms with Crippen molar-refractivity contribution in [2.24, 2.45) is 0 Å². The Kier molecular flexibility index (Phi) is 3.36. The molecule has 0 fully saturated rings. The lowest BCUT2D eigenvalue weighted by Crippen LogP contribution is -2.23. The number of fused-ring (bicyclic) bond motifs is 1. The van der Waals surface area contributed by atoms with Crippen molar-refractivity contribution in [3.05, 3.63) is 24.3 Å². The molecule has 0 aliphatic carbocycles. The van der Waals surface area contributed by atoms with Crippen molar-refractivity contribution >= 4 is 22.7 Å². The van der Waals surface area contributed by atoms with Crippen LogP contribution < -0.4 is 11.1 Å². The van der Waals surface area contributed by atoms with Gasteiger partial charge in [0.2, 0.25) is 5.95 Å². The number of hydrogen-bond acceptors (Lipinski definition) is 6. The van der Waals surface area contributed by atoms with Crippen molar-refractivity contribution in [1.29, 1.82) is 0 Å². The summed E-state index contributed by atoms with van der Waals surface area (Å²) in [5.41, 5.74) is 6.33. The van der Waals surface area contributed by atoms with E-state index in [1.54, 1.807) is 0 Å². The summed E-state index contributed by atoms with van der Waals surface area (Å²) in [6.07, 6.45) is -0.829. The quantitative estimate of drug-likeness (QED) is 0.592. The molecule has 6 heteroatoms. The van der Waals surface area contributed by atoms with E-state index < -0.39 is 6.10 Å². The summed E-state index contributed by atoms with van der Waals surface area (Å²) >= 11 is 0. The maximum absolute atomic E-state index is 9.27. The molecule has 0 spiro atoms. The molecule has 0 aliphatic rings. The average molecular weight is 234 g/mol. The predicted octanol–water partition coefficient (Wildman–Crippen LogP) is -0.0229. The number of nitrogens with one attached hydrogen (secondary N) is 1. The number of aliphatic hydroxyl groups is 2. The molecule has 17 heavy (non-hydrogen) atoms. The molecule has 0 radical (unpaired) electrons. The monoisotopic (exact) mass is 234 g/mol. The normalized spacial score (nSPS) is 12.6. The molecule has 1 aromatic carbocycles. The number of benzene rings is 1. The van der Waals surface area contributed by atoms with Crippen molar-refractivity contribution in [2.45, 2.75) is 6.10 Å². The Balaban J connectivity index is 2.32. The molecule has 5 N–H and O–H groups in total. The molecule has 0 amide bonds. The lowest BCUT2D eigenvalue weighted by Gasteiger charge is -2.11. The fourth-order valence-corrected chi connectivity index (χ4v) is 1.51. The van der Waals surface area contributed by atoms with Gasteiger partial charge in [-0.15, -0.1) is 0 Å². The van der Waals surface area contributed by atoms with E-state index in [9.17, 15) is 5.11 Å². The average Bonchev–Trinajstić information content (AvgIpc) is 2.35. The maximum Gasteiger partial charge on any atom is 0.222 e. The van der Waals surface area contributed by atoms with Crippen LogP contribution in [-0.4, -0.2) is 39.4 Å². The van der Waals surface area contributed by atoms with Gasteiger partial charge in [-0.1, -0.05) is 12.1 Å². The van der Waals surface area contributed by atoms with E-state index >= 15 is 0 Å². The van der Waals surface area contributed by atoms with Crippen LogP contribution in [0.15, 0.2) is 24.3 Å². The van der Waals surface area contributed by atoms with Gasteiger partial charge in [0.15, 0.2) is 0 Å². The van der Waals surface area contributed by atoms with E-state index in [1.807, 2.05) is 24.3 Å². The fraction of sp³-hybridized carbons (Fsp3) is 0.273. The Morgan fingerprint density at radius 3 is 2.82 bits per heavy atom. The zero-order valence-corrected chi connectivity index (χ0v) is 9.17. The lowest BCUT2D eigenvalue weighted by atomic mass is 10.2. The Morgan fingerprint density at radius 2 is 2.06 bits per heavy atom. The van der Waals surface area contributed by atoms with Crippen LogP contribution in [0.3, 0.4) is 0 Å². The first-order valence-corrected chi connectivity index (χ1v) is 5.25. The highest BCUT2D eigenvalue weighted by atomic mass is 16.3. The van der Waals surface area contributed by atoms with E-state index in [0.29, 0.717) is 5.82 Å². The number of hydrogen-bond donors (Lipinski definition) is 4. The van der Waals surface area contributed by atoms with Crippen LogP contribution >= 0.6 is 0 Å². The maximum atomic E-state index is 9.27. The molecular weight excluding hydrogens is 220 g/mol. The van der Waals surface area contributed by atoms with Gasteiger partial charge in [0.05, 0.1) is 18.2 Å². The summed E-state index contributed by atoms with van der Waals surface area (Å²) in [7, 11) is 0. The van der Waals surface area contributed by atoms with Gasteiger partial charge < -0.3 is 21.3 Å². The summed E-state index contributed by atoms with van der Waals surface area (Å²) < 4.78 is 0. The fourth-order valence-electron chi connectivity index (χ4n) is 1.51. The SMILES string of the molecule is Nc1nc(NCC(O)CO)c2ccccc2n1. The van der Waals surface area contributed by atoms with E-state index in [-0.39, 0.29) is 19.1 Å². The minimum atomic E-state index is -0.829. The summed E-state index contributed by atoms with van der Waals surface area (Å²) in [5.74, 6) is 0.727. The van der Waals surface area contributed by atoms with Crippen LogP contribution in [0.1, 0.15) is 0 Å². The van der Waals surface area contributed by atoms with Crippen LogP contribution in [0, 0.1) is 0 Å². The molecule has 1 unspecified atom stereocenters. The van der Waals surface area contributed by atoms with Crippen LogP contribution in [0.2, 0.25) is 0 Å². The van der Waals surface area contributed by atoms with Gasteiger partial charge in [-0.2, -0.15) is 4.98 Å². The van der Waals surface area contributed by atoms with Crippen molar-refractivity contribution in [1.82, 2.24) is 9.97 Å². The number of nitrogens with two attached hydrogens (primary N) is 1. The second-order valence-corrected chi connectivity index (χ2v) is 3.66. The standard InChI is InChI=1S/C11H14N4O2/c12-11-14-9-4-2-1-3-8(9)10(15-11)13-5-7(17)6-16/h1-4,7,16-17H,5-6H2,(H3,12,13,14,15). The number of aliphatic hydroxyl groups excluding tert-OH is 2. The van der Waals surface area contributed by atoms with E-state index in [4.69, 9.17) is 10.8 Å². The molecule has 6 nitrogen and oxygen atoms in total. The molecule has 2 rings (SSSR count). The number of para-hydroxylation sites is 1. The van der Waals surface area contributed by atoms with Crippen LogP contribution in [0.4, 0.5) is 11.8 Å². The lowest BCUT2D eigenvalue weighted by molar-refractivity contribution is 0.105. The molecule has 2 aromatic rings. The third-order valence-corrected chi connectivity index (χ3v) is 2.34. The van der Waals surface area contributed by atoms with E-state index in [0.717, 1.165) is 10.9 Å². The molecule has 0 saturated carbocycles. The highest BCUT2D eigenvalue weighted by Gasteiger charge is 2.07. The number of aromatic nitrogens is 2. The highest BCUT2D eigenvalue weighted by molar-refractivity contribution is 5.89. The Labute approximate surface area is 98.1 Å². The molecule has 0 bridgehead atoms.